The molecule has 19 heavy (non-hydrogen) atoms. The van der Waals surface area contributed by atoms with Crippen molar-refractivity contribution < 1.29 is 14.3 Å². The summed E-state index contributed by atoms with van der Waals surface area (Å²) in [6.45, 7) is 1.82. The molecule has 0 unspecified atom stereocenters. The molecule has 0 saturated carbocycles. The normalized spacial score (nSPS) is 14.5. The molecule has 104 valence electrons. The second-order valence-electron chi connectivity index (χ2n) is 4.77. The van der Waals surface area contributed by atoms with E-state index in [2.05, 4.69) is 0 Å². The van der Waals surface area contributed by atoms with Crippen LogP contribution in [0.15, 0.2) is 18.2 Å². The topological polar surface area (TPSA) is 38.8 Å². The average Bonchev–Trinajstić information content (AvgIpc) is 2.98. The maximum Gasteiger partial charge on any atom is 0.222 e. The number of ether oxygens (including phenoxy) is 2. The summed E-state index contributed by atoms with van der Waals surface area (Å²) in [5, 5.41) is 0. The molecule has 1 aliphatic heterocycles. The average molecular weight is 263 g/mol. The van der Waals surface area contributed by atoms with E-state index < -0.39 is 0 Å². The van der Waals surface area contributed by atoms with E-state index in [1.165, 1.54) is 0 Å². The van der Waals surface area contributed by atoms with Gasteiger partial charge in [-0.25, -0.2) is 0 Å². The lowest BCUT2D eigenvalue weighted by Crippen LogP contribution is -2.27. The predicted octanol–water partition coefficient (Wildman–Crippen LogP) is 2.26. The van der Waals surface area contributed by atoms with Crippen LogP contribution in [0, 0.1) is 0 Å². The molecular formula is C15H21NO3. The van der Waals surface area contributed by atoms with E-state index >= 15 is 0 Å². The summed E-state index contributed by atoms with van der Waals surface area (Å²) in [7, 11) is 3.29. The minimum atomic E-state index is 0.238. The van der Waals surface area contributed by atoms with Crippen LogP contribution in [0.3, 0.4) is 0 Å². The van der Waals surface area contributed by atoms with Gasteiger partial charge in [0.1, 0.15) is 11.5 Å². The molecule has 4 heteroatoms. The molecule has 2 rings (SSSR count). The minimum Gasteiger partial charge on any atom is -0.497 e. The van der Waals surface area contributed by atoms with Crippen LogP contribution in [-0.4, -0.2) is 38.1 Å². The first-order chi connectivity index (χ1) is 9.24. The van der Waals surface area contributed by atoms with Crippen molar-refractivity contribution in [2.75, 3.05) is 27.3 Å². The molecule has 0 radical (unpaired) electrons. The highest BCUT2D eigenvalue weighted by molar-refractivity contribution is 5.76. The first kappa shape index (κ1) is 13.7. The Labute approximate surface area is 114 Å². The predicted molar refractivity (Wildman–Crippen MR) is 73.7 cm³/mol. The summed E-state index contributed by atoms with van der Waals surface area (Å²) in [5.41, 5.74) is 1.02. The van der Waals surface area contributed by atoms with Crippen LogP contribution in [0.2, 0.25) is 0 Å². The first-order valence-corrected chi connectivity index (χ1v) is 6.73. The SMILES string of the molecule is COc1ccc(OC)c(CCC(=O)N2CCCC2)c1. The zero-order chi connectivity index (χ0) is 13.7. The molecule has 1 heterocycles. The second kappa shape index (κ2) is 6.45. The zero-order valence-electron chi connectivity index (χ0n) is 11.6. The number of carbonyl (C=O) groups is 1. The summed E-state index contributed by atoms with van der Waals surface area (Å²) in [5.74, 6) is 1.85. The lowest BCUT2D eigenvalue weighted by molar-refractivity contribution is -0.130. The van der Waals surface area contributed by atoms with Crippen molar-refractivity contribution in [3.05, 3.63) is 23.8 Å². The Hall–Kier alpha value is -1.71. The fourth-order valence-electron chi connectivity index (χ4n) is 2.44. The van der Waals surface area contributed by atoms with E-state index in [0.717, 1.165) is 43.0 Å². The third-order valence-corrected chi connectivity index (χ3v) is 3.55. The lowest BCUT2D eigenvalue weighted by Gasteiger charge is -2.16. The van der Waals surface area contributed by atoms with Gasteiger partial charge in [0, 0.05) is 19.5 Å². The van der Waals surface area contributed by atoms with Crippen molar-refractivity contribution in [3.8, 4) is 11.5 Å². The van der Waals surface area contributed by atoms with E-state index in [0.29, 0.717) is 12.8 Å². The summed E-state index contributed by atoms with van der Waals surface area (Å²) >= 11 is 0. The Morgan fingerprint density at radius 3 is 2.58 bits per heavy atom. The number of amides is 1. The maximum absolute atomic E-state index is 12.0. The number of methoxy groups -OCH3 is 2. The van der Waals surface area contributed by atoms with E-state index in [-0.39, 0.29) is 5.91 Å². The molecule has 1 aliphatic rings. The standard InChI is InChI=1S/C15H21NO3/c1-18-13-6-7-14(19-2)12(11-13)5-8-15(17)16-9-3-4-10-16/h6-7,11H,3-5,8-10H2,1-2H3. The van der Waals surface area contributed by atoms with Crippen molar-refractivity contribution >= 4 is 5.91 Å². The van der Waals surface area contributed by atoms with Crippen molar-refractivity contribution in [3.63, 3.8) is 0 Å². The van der Waals surface area contributed by atoms with Gasteiger partial charge in [0.2, 0.25) is 5.91 Å². The van der Waals surface area contributed by atoms with E-state index in [1.807, 2.05) is 23.1 Å². The van der Waals surface area contributed by atoms with Crippen LogP contribution in [0.5, 0.6) is 11.5 Å². The molecular weight excluding hydrogens is 242 g/mol. The molecule has 0 aliphatic carbocycles. The number of aryl methyl sites for hydroxylation is 1. The van der Waals surface area contributed by atoms with Crippen LogP contribution in [0.4, 0.5) is 0 Å². The second-order valence-corrected chi connectivity index (χ2v) is 4.77. The molecule has 0 N–H and O–H groups in total. The molecule has 0 spiro atoms. The first-order valence-electron chi connectivity index (χ1n) is 6.73. The highest BCUT2D eigenvalue weighted by atomic mass is 16.5. The van der Waals surface area contributed by atoms with Crippen molar-refractivity contribution in [1.29, 1.82) is 0 Å². The Balaban J connectivity index is 1.99. The van der Waals surface area contributed by atoms with Gasteiger partial charge in [-0.15, -0.1) is 0 Å². The van der Waals surface area contributed by atoms with Gasteiger partial charge in [-0.05, 0) is 43.0 Å². The van der Waals surface area contributed by atoms with Gasteiger partial charge in [0.15, 0.2) is 0 Å². The molecule has 1 aromatic carbocycles. The highest BCUT2D eigenvalue weighted by Gasteiger charge is 2.18. The molecule has 1 amide bonds. The number of likely N-dealkylation sites (tertiary alicyclic amines) is 1. The number of rotatable bonds is 5. The number of hydrogen-bond acceptors (Lipinski definition) is 3. The number of benzene rings is 1. The van der Waals surface area contributed by atoms with Crippen molar-refractivity contribution in [2.24, 2.45) is 0 Å². The summed E-state index contributed by atoms with van der Waals surface area (Å²) < 4.78 is 10.5. The lowest BCUT2D eigenvalue weighted by atomic mass is 10.1. The number of nitrogens with zero attached hydrogens (tertiary/aromatic N) is 1. The van der Waals surface area contributed by atoms with Gasteiger partial charge < -0.3 is 14.4 Å². The van der Waals surface area contributed by atoms with Crippen LogP contribution in [0.25, 0.3) is 0 Å². The van der Waals surface area contributed by atoms with Crippen LogP contribution < -0.4 is 9.47 Å². The Morgan fingerprint density at radius 1 is 1.21 bits per heavy atom. The van der Waals surface area contributed by atoms with Gasteiger partial charge in [0.25, 0.3) is 0 Å². The molecule has 1 fully saturated rings. The third kappa shape index (κ3) is 3.40. The quantitative estimate of drug-likeness (QED) is 0.818. The monoisotopic (exact) mass is 263 g/mol. The number of hydrogen-bond donors (Lipinski definition) is 0. The van der Waals surface area contributed by atoms with Crippen molar-refractivity contribution in [1.82, 2.24) is 4.90 Å². The molecule has 4 nitrogen and oxygen atoms in total. The maximum atomic E-state index is 12.0. The largest absolute Gasteiger partial charge is 0.497 e. The van der Waals surface area contributed by atoms with Crippen molar-refractivity contribution in [2.45, 2.75) is 25.7 Å². The van der Waals surface area contributed by atoms with E-state index in [4.69, 9.17) is 9.47 Å². The van der Waals surface area contributed by atoms with Gasteiger partial charge in [-0.2, -0.15) is 0 Å². The molecule has 1 aromatic rings. The van der Waals surface area contributed by atoms with E-state index in [9.17, 15) is 4.79 Å². The van der Waals surface area contributed by atoms with Gasteiger partial charge in [0.05, 0.1) is 14.2 Å². The van der Waals surface area contributed by atoms with Crippen LogP contribution in [0.1, 0.15) is 24.8 Å². The minimum absolute atomic E-state index is 0.238. The summed E-state index contributed by atoms with van der Waals surface area (Å²) in [6, 6.07) is 5.69. The van der Waals surface area contributed by atoms with E-state index in [1.54, 1.807) is 14.2 Å². The fourth-order valence-corrected chi connectivity index (χ4v) is 2.44. The van der Waals surface area contributed by atoms with Crippen LogP contribution >= 0.6 is 0 Å². The highest BCUT2D eigenvalue weighted by Crippen LogP contribution is 2.25. The summed E-state index contributed by atoms with van der Waals surface area (Å²) in [4.78, 5) is 14.0. The van der Waals surface area contributed by atoms with Gasteiger partial charge in [-0.1, -0.05) is 0 Å². The van der Waals surface area contributed by atoms with Crippen LogP contribution in [-0.2, 0) is 11.2 Å². The number of carbonyl (C=O) groups excluding carboxylic acids is 1. The smallest absolute Gasteiger partial charge is 0.222 e. The Bertz CT molecular complexity index is 439. The zero-order valence-corrected chi connectivity index (χ0v) is 11.6. The molecule has 0 aromatic heterocycles. The van der Waals surface area contributed by atoms with Gasteiger partial charge in [-0.3, -0.25) is 4.79 Å². The molecule has 0 atom stereocenters. The fraction of sp³-hybridized carbons (Fsp3) is 0.533. The Morgan fingerprint density at radius 2 is 1.95 bits per heavy atom. The summed E-state index contributed by atoms with van der Waals surface area (Å²) in [6.07, 6.45) is 3.49. The third-order valence-electron chi connectivity index (χ3n) is 3.55. The molecule has 0 bridgehead atoms. The molecule has 1 saturated heterocycles. The van der Waals surface area contributed by atoms with Gasteiger partial charge >= 0.3 is 0 Å². The Kier molecular flexibility index (Phi) is 4.66.